The molecule has 5 nitrogen and oxygen atoms in total. The molecule has 0 unspecified atom stereocenters. The van der Waals surface area contributed by atoms with Gasteiger partial charge in [0.1, 0.15) is 12.6 Å². The summed E-state index contributed by atoms with van der Waals surface area (Å²) in [5.74, 6) is -0.454. The first-order valence-electron chi connectivity index (χ1n) is 8.58. The zero-order valence-electron chi connectivity index (χ0n) is 14.5. The van der Waals surface area contributed by atoms with Crippen LogP contribution < -0.4 is 0 Å². The van der Waals surface area contributed by atoms with Gasteiger partial charge in [0.05, 0.1) is 5.02 Å². The summed E-state index contributed by atoms with van der Waals surface area (Å²) in [7, 11) is 0. The summed E-state index contributed by atoms with van der Waals surface area (Å²) in [5.41, 5.74) is 1.91. The molecule has 1 saturated heterocycles. The van der Waals surface area contributed by atoms with Crippen molar-refractivity contribution in [3.8, 4) is 0 Å². The van der Waals surface area contributed by atoms with Crippen LogP contribution in [-0.4, -0.2) is 34.7 Å². The van der Waals surface area contributed by atoms with Gasteiger partial charge in [0, 0.05) is 11.0 Å². The number of carbonyl (C=O) groups excluding carboxylic acids is 1. The van der Waals surface area contributed by atoms with Crippen molar-refractivity contribution in [2.24, 2.45) is 5.92 Å². The van der Waals surface area contributed by atoms with Gasteiger partial charge in [-0.05, 0) is 57.9 Å². The molecule has 0 saturated carbocycles. The van der Waals surface area contributed by atoms with Gasteiger partial charge in [-0.2, -0.15) is 0 Å². The van der Waals surface area contributed by atoms with Gasteiger partial charge in [0.25, 0.3) is 0 Å². The van der Waals surface area contributed by atoms with Crippen molar-refractivity contribution < 1.29 is 19.4 Å². The van der Waals surface area contributed by atoms with Crippen molar-refractivity contribution in [3.63, 3.8) is 0 Å². The van der Waals surface area contributed by atoms with E-state index < -0.39 is 18.1 Å². The fourth-order valence-corrected chi connectivity index (χ4v) is 3.87. The monoisotopic (exact) mass is 451 g/mol. The standard InChI is InChI=1S/C20H19BrClNO4/c21-16-9-14(6-7-17(16)22)8-15-10-18(23(11-15)20(25)26)19(24)27-12-13-4-2-1-3-5-13/h1-7,9,15,18H,8,10-12H2,(H,25,26)/t15-,18+/m0/s1. The lowest BCUT2D eigenvalue weighted by Gasteiger charge is -2.19. The Morgan fingerprint density at radius 3 is 2.59 bits per heavy atom. The Balaban J connectivity index is 1.64. The third kappa shape index (κ3) is 5.02. The van der Waals surface area contributed by atoms with Gasteiger partial charge in [-0.15, -0.1) is 0 Å². The summed E-state index contributed by atoms with van der Waals surface area (Å²) in [6, 6.07) is 14.2. The molecule has 3 rings (SSSR count). The highest BCUT2D eigenvalue weighted by atomic mass is 79.9. The third-order valence-corrected chi connectivity index (χ3v) is 5.85. The Kier molecular flexibility index (Phi) is 6.39. The minimum Gasteiger partial charge on any atom is -0.465 e. The minimum absolute atomic E-state index is 0.0449. The number of ether oxygens (including phenoxy) is 1. The van der Waals surface area contributed by atoms with E-state index in [1.165, 1.54) is 4.90 Å². The first-order valence-corrected chi connectivity index (χ1v) is 9.75. The number of benzene rings is 2. The van der Waals surface area contributed by atoms with Crippen LogP contribution in [0.3, 0.4) is 0 Å². The number of likely N-dealkylation sites (tertiary alicyclic amines) is 1. The first kappa shape index (κ1) is 19.7. The van der Waals surface area contributed by atoms with E-state index in [0.29, 0.717) is 24.4 Å². The van der Waals surface area contributed by atoms with Crippen LogP contribution in [0.1, 0.15) is 17.5 Å². The lowest BCUT2D eigenvalue weighted by molar-refractivity contribution is -0.149. The number of hydrogen-bond acceptors (Lipinski definition) is 3. The van der Waals surface area contributed by atoms with Gasteiger partial charge in [-0.25, -0.2) is 9.59 Å². The molecule has 7 heteroatoms. The molecule has 0 aromatic heterocycles. The van der Waals surface area contributed by atoms with Crippen LogP contribution in [-0.2, 0) is 22.6 Å². The fraction of sp³-hybridized carbons (Fsp3) is 0.300. The summed E-state index contributed by atoms with van der Waals surface area (Å²) in [5, 5.41) is 10.1. The molecule has 2 aromatic carbocycles. The van der Waals surface area contributed by atoms with Crippen molar-refractivity contribution >= 4 is 39.6 Å². The van der Waals surface area contributed by atoms with Crippen molar-refractivity contribution in [1.82, 2.24) is 4.90 Å². The summed E-state index contributed by atoms with van der Waals surface area (Å²) < 4.78 is 6.16. The largest absolute Gasteiger partial charge is 0.465 e. The third-order valence-electron chi connectivity index (χ3n) is 4.64. The highest BCUT2D eigenvalue weighted by Crippen LogP contribution is 2.30. The molecule has 1 amide bonds. The van der Waals surface area contributed by atoms with E-state index in [1.807, 2.05) is 42.5 Å². The zero-order chi connectivity index (χ0) is 19.4. The van der Waals surface area contributed by atoms with Crippen LogP contribution in [0.5, 0.6) is 0 Å². The normalized spacial score (nSPS) is 19.1. The van der Waals surface area contributed by atoms with Gasteiger partial charge in [-0.3, -0.25) is 4.90 Å². The van der Waals surface area contributed by atoms with E-state index in [-0.39, 0.29) is 12.5 Å². The molecule has 1 fully saturated rings. The summed E-state index contributed by atoms with van der Waals surface area (Å²) >= 11 is 9.42. The predicted octanol–water partition coefficient (Wildman–Crippen LogP) is 4.76. The topological polar surface area (TPSA) is 66.8 Å². The molecule has 0 radical (unpaired) electrons. The Morgan fingerprint density at radius 1 is 1.19 bits per heavy atom. The second-order valence-corrected chi connectivity index (χ2v) is 7.86. The Labute approximate surface area is 171 Å². The van der Waals surface area contributed by atoms with Crippen LogP contribution >= 0.6 is 27.5 Å². The van der Waals surface area contributed by atoms with Crippen LogP contribution in [0.15, 0.2) is 53.0 Å². The number of halogens is 2. The second kappa shape index (κ2) is 8.76. The lowest BCUT2D eigenvalue weighted by atomic mass is 9.97. The highest BCUT2D eigenvalue weighted by Gasteiger charge is 2.40. The minimum atomic E-state index is -1.10. The number of nitrogens with zero attached hydrogens (tertiary/aromatic N) is 1. The molecule has 1 heterocycles. The second-order valence-electron chi connectivity index (χ2n) is 6.60. The Hall–Kier alpha value is -2.05. The van der Waals surface area contributed by atoms with E-state index >= 15 is 0 Å². The maximum atomic E-state index is 12.5. The number of amides is 1. The van der Waals surface area contributed by atoms with Crippen molar-refractivity contribution in [2.75, 3.05) is 6.54 Å². The van der Waals surface area contributed by atoms with Crippen molar-refractivity contribution in [1.29, 1.82) is 0 Å². The maximum Gasteiger partial charge on any atom is 0.408 e. The number of carbonyl (C=O) groups is 2. The van der Waals surface area contributed by atoms with E-state index in [4.69, 9.17) is 16.3 Å². The molecular weight excluding hydrogens is 434 g/mol. The number of carboxylic acid groups (broad SMARTS) is 1. The average molecular weight is 453 g/mol. The summed E-state index contributed by atoms with van der Waals surface area (Å²) in [6.45, 7) is 0.444. The molecule has 1 aliphatic heterocycles. The van der Waals surface area contributed by atoms with Gasteiger partial charge < -0.3 is 9.84 Å². The summed E-state index contributed by atoms with van der Waals surface area (Å²) in [6.07, 6.45) is 0.0128. The SMILES string of the molecule is O=C(OCc1ccccc1)[C@H]1C[C@H](Cc2ccc(Cl)c(Br)c2)CN1C(=O)O. The van der Waals surface area contributed by atoms with Crippen LogP contribution in [0, 0.1) is 5.92 Å². The molecule has 0 bridgehead atoms. The van der Waals surface area contributed by atoms with Gasteiger partial charge in [-0.1, -0.05) is 48.0 Å². The van der Waals surface area contributed by atoms with Gasteiger partial charge in [0.2, 0.25) is 0 Å². The van der Waals surface area contributed by atoms with Crippen LogP contribution in [0.4, 0.5) is 4.79 Å². The first-order chi connectivity index (χ1) is 12.9. The van der Waals surface area contributed by atoms with E-state index in [9.17, 15) is 14.7 Å². The van der Waals surface area contributed by atoms with Crippen LogP contribution in [0.2, 0.25) is 5.02 Å². The average Bonchev–Trinajstić information content (AvgIpc) is 3.08. The van der Waals surface area contributed by atoms with Crippen molar-refractivity contribution in [3.05, 3.63) is 69.2 Å². The van der Waals surface area contributed by atoms with Crippen molar-refractivity contribution in [2.45, 2.75) is 25.5 Å². The van der Waals surface area contributed by atoms with E-state index in [1.54, 1.807) is 6.07 Å². The fourth-order valence-electron chi connectivity index (χ4n) is 3.33. The molecule has 1 aliphatic rings. The Bertz CT molecular complexity index is 830. The van der Waals surface area contributed by atoms with Gasteiger partial charge in [0.15, 0.2) is 0 Å². The van der Waals surface area contributed by atoms with Crippen LogP contribution in [0.25, 0.3) is 0 Å². The molecule has 0 aliphatic carbocycles. The molecule has 0 spiro atoms. The molecular formula is C20H19BrClNO4. The Morgan fingerprint density at radius 2 is 1.93 bits per heavy atom. The summed E-state index contributed by atoms with van der Waals surface area (Å²) in [4.78, 5) is 25.2. The van der Waals surface area contributed by atoms with E-state index in [0.717, 1.165) is 15.6 Å². The van der Waals surface area contributed by atoms with E-state index in [2.05, 4.69) is 15.9 Å². The smallest absolute Gasteiger partial charge is 0.408 e. The number of rotatable bonds is 5. The quantitative estimate of drug-likeness (QED) is 0.664. The number of hydrogen-bond donors (Lipinski definition) is 1. The predicted molar refractivity (Wildman–Crippen MR) is 106 cm³/mol. The highest BCUT2D eigenvalue weighted by molar-refractivity contribution is 9.10. The molecule has 142 valence electrons. The molecule has 27 heavy (non-hydrogen) atoms. The van der Waals surface area contributed by atoms with Gasteiger partial charge >= 0.3 is 12.1 Å². The molecule has 2 aromatic rings. The molecule has 1 N–H and O–H groups in total. The number of esters is 1. The molecule has 2 atom stereocenters. The lowest BCUT2D eigenvalue weighted by Crippen LogP contribution is -2.40. The maximum absolute atomic E-state index is 12.5. The zero-order valence-corrected chi connectivity index (χ0v) is 16.8.